The highest BCUT2D eigenvalue weighted by Gasteiger charge is 2.37. The van der Waals surface area contributed by atoms with Crippen LogP contribution in [0.25, 0.3) is 11.1 Å². The molecule has 1 fully saturated rings. The minimum absolute atomic E-state index is 0.0142. The Morgan fingerprint density at radius 1 is 1.06 bits per heavy atom. The molecule has 3 aromatic rings. The highest BCUT2D eigenvalue weighted by molar-refractivity contribution is 5.89. The summed E-state index contributed by atoms with van der Waals surface area (Å²) in [5.41, 5.74) is 3.28. The summed E-state index contributed by atoms with van der Waals surface area (Å²) in [5.74, 6) is 1.14. The van der Waals surface area contributed by atoms with Crippen LogP contribution in [0, 0.1) is 19.8 Å². The first-order valence-corrected chi connectivity index (χ1v) is 11.4. The molecule has 172 valence electrons. The number of hydrogen-bond donors (Lipinski definition) is 0. The van der Waals surface area contributed by atoms with Gasteiger partial charge in [-0.25, -0.2) is 9.67 Å². The van der Waals surface area contributed by atoms with E-state index in [1.54, 1.807) is 14.5 Å². The van der Waals surface area contributed by atoms with Gasteiger partial charge in [0.1, 0.15) is 17.7 Å². The second-order valence-corrected chi connectivity index (χ2v) is 8.87. The van der Waals surface area contributed by atoms with Crippen molar-refractivity contribution in [3.05, 3.63) is 71.8 Å². The zero-order chi connectivity index (χ0) is 23.5. The van der Waals surface area contributed by atoms with Gasteiger partial charge < -0.3 is 9.80 Å². The average molecular weight is 446 g/mol. The van der Waals surface area contributed by atoms with E-state index in [1.165, 1.54) is 0 Å². The van der Waals surface area contributed by atoms with Gasteiger partial charge in [-0.15, -0.1) is 0 Å². The van der Waals surface area contributed by atoms with E-state index in [2.05, 4.69) is 34.3 Å². The molecule has 2 heterocycles. The minimum Gasteiger partial charge on any atom is -0.342 e. The number of aryl methyl sites for hydroxylation is 2. The molecule has 0 aliphatic carbocycles. The molecule has 2 amide bonds. The van der Waals surface area contributed by atoms with E-state index in [1.807, 2.05) is 58.2 Å². The van der Waals surface area contributed by atoms with Gasteiger partial charge in [0.25, 0.3) is 0 Å². The molecule has 1 aliphatic heterocycles. The van der Waals surface area contributed by atoms with Crippen molar-refractivity contribution in [2.24, 2.45) is 5.92 Å². The van der Waals surface area contributed by atoms with Crippen LogP contribution >= 0.6 is 0 Å². The summed E-state index contributed by atoms with van der Waals surface area (Å²) >= 11 is 0. The quantitative estimate of drug-likeness (QED) is 0.585. The highest BCUT2D eigenvalue weighted by atomic mass is 16.2. The normalized spacial score (nSPS) is 17.3. The smallest absolute Gasteiger partial charge is 0.245 e. The van der Waals surface area contributed by atoms with Gasteiger partial charge in [-0.1, -0.05) is 61.5 Å². The number of likely N-dealkylation sites (N-methyl/N-ethyl adjacent to an activating group) is 1. The van der Waals surface area contributed by atoms with Crippen LogP contribution in [0.1, 0.15) is 24.1 Å². The second kappa shape index (κ2) is 9.57. The molecule has 0 spiro atoms. The summed E-state index contributed by atoms with van der Waals surface area (Å²) < 4.78 is 1.77. The van der Waals surface area contributed by atoms with Crippen LogP contribution in [-0.4, -0.2) is 62.6 Å². The summed E-state index contributed by atoms with van der Waals surface area (Å²) in [5, 5.41) is 4.39. The van der Waals surface area contributed by atoms with Crippen LogP contribution in [0.5, 0.6) is 0 Å². The number of amides is 2. The van der Waals surface area contributed by atoms with Gasteiger partial charge in [0.05, 0.1) is 12.5 Å². The van der Waals surface area contributed by atoms with Crippen molar-refractivity contribution < 1.29 is 9.59 Å². The molecule has 0 unspecified atom stereocenters. The Labute approximate surface area is 195 Å². The van der Waals surface area contributed by atoms with Gasteiger partial charge >= 0.3 is 0 Å². The van der Waals surface area contributed by atoms with Gasteiger partial charge in [-0.2, -0.15) is 5.10 Å². The van der Waals surface area contributed by atoms with Gasteiger partial charge in [-0.3, -0.25) is 9.59 Å². The first-order chi connectivity index (χ1) is 15.8. The SMILES string of the molecule is Cc1nc(C)n(C[C@H](C)C(=O)N2CCN(C)C(=O)[C@@H]2Cc2cccc(-c3ccccc3)c2)n1. The van der Waals surface area contributed by atoms with Crippen LogP contribution in [-0.2, 0) is 22.6 Å². The molecule has 1 aromatic heterocycles. The summed E-state index contributed by atoms with van der Waals surface area (Å²) in [6.45, 7) is 7.15. The zero-order valence-electron chi connectivity index (χ0n) is 19.7. The third-order valence-corrected chi connectivity index (χ3v) is 6.29. The lowest BCUT2D eigenvalue weighted by Crippen LogP contribution is -2.59. The first-order valence-electron chi connectivity index (χ1n) is 11.4. The molecule has 7 heteroatoms. The Bertz CT molecular complexity index is 1140. The van der Waals surface area contributed by atoms with Crippen molar-refractivity contribution in [2.75, 3.05) is 20.1 Å². The number of carbonyl (C=O) groups excluding carboxylic acids is 2. The average Bonchev–Trinajstić information content (AvgIpc) is 3.13. The summed E-state index contributed by atoms with van der Waals surface area (Å²) in [6, 6.07) is 17.9. The standard InChI is InChI=1S/C26H31N5O2/c1-18(17-31-20(3)27-19(2)28-31)25(32)30-14-13-29(4)26(33)24(30)16-21-9-8-12-23(15-21)22-10-6-5-7-11-22/h5-12,15,18,24H,13-14,16-17H2,1-4H3/t18-,24-/m0/s1. The lowest BCUT2D eigenvalue weighted by Gasteiger charge is -2.40. The molecular formula is C26H31N5O2. The van der Waals surface area contributed by atoms with Crippen LogP contribution in [0.15, 0.2) is 54.6 Å². The number of piperazine rings is 1. The summed E-state index contributed by atoms with van der Waals surface area (Å²) in [4.78, 5) is 34.4. The molecule has 0 N–H and O–H groups in total. The Morgan fingerprint density at radius 3 is 2.48 bits per heavy atom. The van der Waals surface area contributed by atoms with Crippen molar-refractivity contribution in [2.45, 2.75) is 39.8 Å². The maximum absolute atomic E-state index is 13.5. The second-order valence-electron chi connectivity index (χ2n) is 8.87. The zero-order valence-corrected chi connectivity index (χ0v) is 19.7. The van der Waals surface area contributed by atoms with Crippen molar-refractivity contribution in [3.8, 4) is 11.1 Å². The van der Waals surface area contributed by atoms with E-state index < -0.39 is 6.04 Å². The van der Waals surface area contributed by atoms with Gasteiger partial charge in [0.2, 0.25) is 11.8 Å². The monoisotopic (exact) mass is 445 g/mol. The topological polar surface area (TPSA) is 71.3 Å². The van der Waals surface area contributed by atoms with E-state index in [-0.39, 0.29) is 17.7 Å². The van der Waals surface area contributed by atoms with Crippen molar-refractivity contribution >= 4 is 11.8 Å². The number of benzene rings is 2. The van der Waals surface area contributed by atoms with Crippen LogP contribution in [0.3, 0.4) is 0 Å². The van der Waals surface area contributed by atoms with Gasteiger partial charge in [-0.05, 0) is 30.5 Å². The van der Waals surface area contributed by atoms with Crippen molar-refractivity contribution in [1.29, 1.82) is 0 Å². The molecule has 33 heavy (non-hydrogen) atoms. The predicted octanol–water partition coefficient (Wildman–Crippen LogP) is 3.11. The van der Waals surface area contributed by atoms with Gasteiger partial charge in [0, 0.05) is 26.6 Å². The maximum Gasteiger partial charge on any atom is 0.245 e. The molecule has 0 bridgehead atoms. The lowest BCUT2D eigenvalue weighted by atomic mass is 9.96. The Balaban J connectivity index is 1.55. The Morgan fingerprint density at radius 2 is 1.79 bits per heavy atom. The van der Waals surface area contributed by atoms with E-state index in [4.69, 9.17) is 0 Å². The lowest BCUT2D eigenvalue weighted by molar-refractivity contribution is -0.152. The van der Waals surface area contributed by atoms with Crippen molar-refractivity contribution in [3.63, 3.8) is 0 Å². The number of rotatable bonds is 6. The fraction of sp³-hybridized carbons (Fsp3) is 0.385. The molecule has 0 saturated carbocycles. The molecule has 2 atom stereocenters. The largest absolute Gasteiger partial charge is 0.342 e. The molecule has 4 rings (SSSR count). The third kappa shape index (κ3) is 4.97. The maximum atomic E-state index is 13.5. The van der Waals surface area contributed by atoms with E-state index in [0.29, 0.717) is 31.9 Å². The molecule has 7 nitrogen and oxygen atoms in total. The van der Waals surface area contributed by atoms with Crippen LogP contribution in [0.2, 0.25) is 0 Å². The van der Waals surface area contributed by atoms with Gasteiger partial charge in [0.15, 0.2) is 0 Å². The Kier molecular flexibility index (Phi) is 6.58. The number of carbonyl (C=O) groups is 2. The Hall–Kier alpha value is -3.48. The first kappa shape index (κ1) is 22.7. The fourth-order valence-corrected chi connectivity index (χ4v) is 4.46. The predicted molar refractivity (Wildman–Crippen MR) is 127 cm³/mol. The summed E-state index contributed by atoms with van der Waals surface area (Å²) in [7, 11) is 1.81. The molecular weight excluding hydrogens is 414 g/mol. The van der Waals surface area contributed by atoms with Crippen LogP contribution in [0.4, 0.5) is 0 Å². The molecule has 2 aromatic carbocycles. The van der Waals surface area contributed by atoms with E-state index in [0.717, 1.165) is 22.5 Å². The van der Waals surface area contributed by atoms with Crippen molar-refractivity contribution in [1.82, 2.24) is 24.6 Å². The fourth-order valence-electron chi connectivity index (χ4n) is 4.46. The number of nitrogens with zero attached hydrogens (tertiary/aromatic N) is 5. The molecule has 1 saturated heterocycles. The van der Waals surface area contributed by atoms with E-state index >= 15 is 0 Å². The molecule has 1 aliphatic rings. The minimum atomic E-state index is -0.511. The number of hydrogen-bond acceptors (Lipinski definition) is 4. The number of aromatic nitrogens is 3. The summed E-state index contributed by atoms with van der Waals surface area (Å²) in [6.07, 6.45) is 0.490. The van der Waals surface area contributed by atoms with Crippen LogP contribution < -0.4 is 0 Å². The van der Waals surface area contributed by atoms with E-state index in [9.17, 15) is 9.59 Å². The highest BCUT2D eigenvalue weighted by Crippen LogP contribution is 2.23. The third-order valence-electron chi connectivity index (χ3n) is 6.29. The molecule has 0 radical (unpaired) electrons.